The largest absolute Gasteiger partial charge is 0.252 e. The molecule has 0 aliphatic heterocycles. The lowest BCUT2D eigenvalue weighted by Crippen LogP contribution is -2.03. The number of aryl methyl sites for hydroxylation is 2. The first kappa shape index (κ1) is 23.2. The smallest absolute Gasteiger partial charge is 0.0859 e. The zero-order chi connectivity index (χ0) is 14.4. The predicted octanol–water partition coefficient (Wildman–Crippen LogP) is 5.19. The summed E-state index contributed by atoms with van der Waals surface area (Å²) in [6.07, 6.45) is 7.60. The summed E-state index contributed by atoms with van der Waals surface area (Å²) >= 11 is 0. The highest BCUT2D eigenvalue weighted by molar-refractivity contribution is 5.10. The molecule has 1 aromatic rings. The second kappa shape index (κ2) is 17.1. The highest BCUT2D eigenvalue weighted by Crippen LogP contribution is 2.16. The summed E-state index contributed by atoms with van der Waals surface area (Å²) in [5.74, 6) is 0. The molecule has 0 saturated carbocycles. The lowest BCUT2D eigenvalue weighted by Gasteiger charge is -2.08. The van der Waals surface area contributed by atoms with Gasteiger partial charge < -0.3 is 0 Å². The topological polar surface area (TPSA) is 30.7 Å². The van der Waals surface area contributed by atoms with Gasteiger partial charge in [0.15, 0.2) is 0 Å². The number of nitrogens with zero attached hydrogens (tertiary/aromatic N) is 3. The van der Waals surface area contributed by atoms with Crippen molar-refractivity contribution in [2.75, 3.05) is 0 Å². The number of rotatable bonds is 0. The van der Waals surface area contributed by atoms with Crippen molar-refractivity contribution in [3.8, 4) is 0 Å². The Hall–Kier alpha value is -0.860. The first-order valence-electron chi connectivity index (χ1n) is 7.75. The van der Waals surface area contributed by atoms with Crippen molar-refractivity contribution in [1.29, 1.82) is 0 Å². The van der Waals surface area contributed by atoms with Crippen LogP contribution in [-0.2, 0) is 19.9 Å². The van der Waals surface area contributed by atoms with Crippen LogP contribution in [0.3, 0.4) is 0 Å². The SMILES string of the molecule is C.CC.CC.CC.Cn1nnc2c1CCCCCC2. The second-order valence-corrected chi connectivity index (χ2v) is 3.52. The van der Waals surface area contributed by atoms with E-state index in [1.54, 1.807) is 0 Å². The van der Waals surface area contributed by atoms with E-state index in [1.807, 2.05) is 53.3 Å². The van der Waals surface area contributed by atoms with Crippen molar-refractivity contribution in [3.05, 3.63) is 11.4 Å². The van der Waals surface area contributed by atoms with Gasteiger partial charge in [-0.2, -0.15) is 0 Å². The average molecular weight is 271 g/mol. The summed E-state index contributed by atoms with van der Waals surface area (Å²) in [7, 11) is 1.99. The van der Waals surface area contributed by atoms with Crippen LogP contribution >= 0.6 is 0 Å². The molecule has 1 aliphatic carbocycles. The molecule has 19 heavy (non-hydrogen) atoms. The molecule has 1 heterocycles. The summed E-state index contributed by atoms with van der Waals surface area (Å²) in [6.45, 7) is 12.0. The first-order valence-corrected chi connectivity index (χ1v) is 7.75. The highest BCUT2D eigenvalue weighted by atomic mass is 15.4. The van der Waals surface area contributed by atoms with Gasteiger partial charge in [0.2, 0.25) is 0 Å². The molecule has 0 radical (unpaired) electrons. The summed E-state index contributed by atoms with van der Waals surface area (Å²) < 4.78 is 1.93. The molecule has 0 amide bonds. The molecule has 0 spiro atoms. The molecular weight excluding hydrogens is 234 g/mol. The van der Waals surface area contributed by atoms with E-state index >= 15 is 0 Å². The van der Waals surface area contributed by atoms with E-state index < -0.39 is 0 Å². The zero-order valence-corrected chi connectivity index (χ0v) is 13.6. The van der Waals surface area contributed by atoms with Gasteiger partial charge in [-0.25, -0.2) is 0 Å². The molecule has 3 nitrogen and oxygen atoms in total. The molecule has 3 heteroatoms. The normalized spacial score (nSPS) is 12.4. The molecule has 0 aromatic carbocycles. The summed E-state index contributed by atoms with van der Waals surface area (Å²) in [5.41, 5.74) is 2.59. The van der Waals surface area contributed by atoms with Gasteiger partial charge in [0, 0.05) is 7.05 Å². The number of aromatic nitrogens is 3. The van der Waals surface area contributed by atoms with E-state index in [1.165, 1.54) is 43.5 Å². The van der Waals surface area contributed by atoms with E-state index in [2.05, 4.69) is 10.3 Å². The first-order chi connectivity index (χ1) is 8.88. The van der Waals surface area contributed by atoms with Gasteiger partial charge in [-0.05, 0) is 25.7 Å². The van der Waals surface area contributed by atoms with Crippen LogP contribution in [-0.4, -0.2) is 15.0 Å². The third kappa shape index (κ3) is 8.79. The van der Waals surface area contributed by atoms with Crippen LogP contribution in [0.4, 0.5) is 0 Å². The van der Waals surface area contributed by atoms with Gasteiger partial charge in [-0.1, -0.05) is 67.0 Å². The minimum atomic E-state index is 0. The summed E-state index contributed by atoms with van der Waals surface area (Å²) in [4.78, 5) is 0. The van der Waals surface area contributed by atoms with Gasteiger partial charge in [-0.15, -0.1) is 5.10 Å². The molecule has 0 unspecified atom stereocenters. The molecule has 1 aliphatic rings. The summed E-state index contributed by atoms with van der Waals surface area (Å²) in [5, 5.41) is 8.22. The standard InChI is InChI=1S/C9H15N3.3C2H6.CH4/c1-12-9-7-5-3-2-4-6-8(9)10-11-12;3*1-2;/h2-7H2,1H3;3*1-2H3;1H4. The number of fused-ring (bicyclic) bond motifs is 1. The Morgan fingerprint density at radius 2 is 1.26 bits per heavy atom. The maximum atomic E-state index is 4.17. The number of hydrogen-bond donors (Lipinski definition) is 0. The van der Waals surface area contributed by atoms with Crippen molar-refractivity contribution >= 4 is 0 Å². The molecule has 0 N–H and O–H groups in total. The molecule has 116 valence electrons. The lowest BCUT2D eigenvalue weighted by molar-refractivity contribution is 0.591. The van der Waals surface area contributed by atoms with Crippen LogP contribution < -0.4 is 0 Å². The molecule has 0 atom stereocenters. The Morgan fingerprint density at radius 3 is 1.79 bits per heavy atom. The Bertz CT molecular complexity index is 267. The van der Waals surface area contributed by atoms with Crippen LogP contribution in [0.1, 0.15) is 86.0 Å². The monoisotopic (exact) mass is 271 g/mol. The van der Waals surface area contributed by atoms with Gasteiger partial charge in [-0.3, -0.25) is 4.68 Å². The van der Waals surface area contributed by atoms with Crippen molar-refractivity contribution < 1.29 is 0 Å². The molecule has 0 saturated heterocycles. The Kier molecular flexibility index (Phi) is 21.0. The van der Waals surface area contributed by atoms with Crippen LogP contribution in [0.25, 0.3) is 0 Å². The fraction of sp³-hybridized carbons (Fsp3) is 0.875. The molecule has 0 fully saturated rings. The fourth-order valence-corrected chi connectivity index (χ4v) is 1.86. The lowest BCUT2D eigenvalue weighted by atomic mass is 10.0. The van der Waals surface area contributed by atoms with Crippen molar-refractivity contribution in [2.24, 2.45) is 7.05 Å². The van der Waals surface area contributed by atoms with E-state index in [0.29, 0.717) is 0 Å². The highest BCUT2D eigenvalue weighted by Gasteiger charge is 2.11. The van der Waals surface area contributed by atoms with Crippen LogP contribution in [0.5, 0.6) is 0 Å². The van der Waals surface area contributed by atoms with E-state index in [4.69, 9.17) is 0 Å². The minimum Gasteiger partial charge on any atom is -0.252 e. The second-order valence-electron chi connectivity index (χ2n) is 3.52. The maximum absolute atomic E-state index is 4.17. The van der Waals surface area contributed by atoms with Crippen molar-refractivity contribution in [3.63, 3.8) is 0 Å². The number of hydrogen-bond acceptors (Lipinski definition) is 2. The Balaban J connectivity index is -0.000000325. The van der Waals surface area contributed by atoms with E-state index in [9.17, 15) is 0 Å². The van der Waals surface area contributed by atoms with Crippen LogP contribution in [0.15, 0.2) is 0 Å². The summed E-state index contributed by atoms with van der Waals surface area (Å²) in [6, 6.07) is 0. The average Bonchev–Trinajstić information content (AvgIpc) is 2.76. The molecule has 2 rings (SSSR count). The van der Waals surface area contributed by atoms with Crippen molar-refractivity contribution in [2.45, 2.75) is 87.5 Å². The molecule has 0 bridgehead atoms. The van der Waals surface area contributed by atoms with Crippen LogP contribution in [0, 0.1) is 0 Å². The Morgan fingerprint density at radius 1 is 0.789 bits per heavy atom. The Labute approximate surface area is 121 Å². The predicted molar refractivity (Wildman–Crippen MR) is 87.7 cm³/mol. The van der Waals surface area contributed by atoms with Gasteiger partial charge >= 0.3 is 0 Å². The van der Waals surface area contributed by atoms with Gasteiger partial charge in [0.05, 0.1) is 11.4 Å². The third-order valence-corrected chi connectivity index (χ3v) is 2.60. The fourth-order valence-electron chi connectivity index (χ4n) is 1.86. The molecular formula is C16H37N3. The van der Waals surface area contributed by atoms with Gasteiger partial charge in [0.1, 0.15) is 0 Å². The van der Waals surface area contributed by atoms with Gasteiger partial charge in [0.25, 0.3) is 0 Å². The maximum Gasteiger partial charge on any atom is 0.0859 e. The third-order valence-electron chi connectivity index (χ3n) is 2.60. The van der Waals surface area contributed by atoms with Crippen molar-refractivity contribution in [1.82, 2.24) is 15.0 Å². The molecule has 1 aromatic heterocycles. The van der Waals surface area contributed by atoms with E-state index in [-0.39, 0.29) is 7.43 Å². The van der Waals surface area contributed by atoms with Crippen LogP contribution in [0.2, 0.25) is 0 Å². The van der Waals surface area contributed by atoms with E-state index in [0.717, 1.165) is 6.42 Å². The minimum absolute atomic E-state index is 0. The quantitative estimate of drug-likeness (QED) is 0.650. The zero-order valence-electron chi connectivity index (χ0n) is 13.6.